The summed E-state index contributed by atoms with van der Waals surface area (Å²) in [4.78, 5) is 0. The number of fused-ring (bicyclic) bond motifs is 1. The minimum Gasteiger partial charge on any atom is -0.507 e. The second kappa shape index (κ2) is 6.07. The van der Waals surface area contributed by atoms with E-state index in [1.165, 1.54) is 0 Å². The molecule has 0 aliphatic carbocycles. The molecule has 0 amide bonds. The van der Waals surface area contributed by atoms with Gasteiger partial charge in [-0.15, -0.1) is 12.4 Å². The van der Waals surface area contributed by atoms with E-state index in [-0.39, 0.29) is 18.4 Å². The summed E-state index contributed by atoms with van der Waals surface area (Å²) in [7, 11) is 0. The summed E-state index contributed by atoms with van der Waals surface area (Å²) in [5, 5.41) is 11.8. The molecule has 0 saturated carbocycles. The van der Waals surface area contributed by atoms with Gasteiger partial charge in [0, 0.05) is 11.4 Å². The molecule has 0 fully saturated rings. The zero-order valence-electron chi connectivity index (χ0n) is 10.8. The Labute approximate surface area is 114 Å². The van der Waals surface area contributed by atoms with E-state index in [4.69, 9.17) is 5.73 Å². The number of benzene rings is 2. The first-order valence-electron chi connectivity index (χ1n) is 6.11. The molecule has 0 spiro atoms. The number of rotatable bonds is 3. The average Bonchev–Trinajstić information content (AvgIpc) is 2.38. The van der Waals surface area contributed by atoms with Crippen LogP contribution in [-0.4, -0.2) is 5.11 Å². The summed E-state index contributed by atoms with van der Waals surface area (Å²) < 4.78 is 0. The van der Waals surface area contributed by atoms with Crippen LogP contribution in [0.25, 0.3) is 10.8 Å². The van der Waals surface area contributed by atoms with Gasteiger partial charge in [0.1, 0.15) is 5.75 Å². The van der Waals surface area contributed by atoms with Crippen LogP contribution < -0.4 is 5.73 Å². The molecule has 18 heavy (non-hydrogen) atoms. The Hall–Kier alpha value is -1.25. The van der Waals surface area contributed by atoms with Crippen LogP contribution in [0.5, 0.6) is 5.75 Å². The van der Waals surface area contributed by atoms with Crippen molar-refractivity contribution in [1.82, 2.24) is 0 Å². The van der Waals surface area contributed by atoms with Crippen molar-refractivity contribution < 1.29 is 5.11 Å². The van der Waals surface area contributed by atoms with Gasteiger partial charge in [-0.05, 0) is 22.9 Å². The van der Waals surface area contributed by atoms with Crippen molar-refractivity contribution in [2.45, 2.75) is 26.3 Å². The maximum Gasteiger partial charge on any atom is 0.123 e. The molecular formula is C15H20ClNO. The molecule has 0 radical (unpaired) electrons. The molecule has 2 atom stereocenters. The van der Waals surface area contributed by atoms with Crippen LogP contribution in [-0.2, 0) is 0 Å². The highest BCUT2D eigenvalue weighted by Crippen LogP contribution is 2.33. The number of nitrogens with two attached hydrogens (primary N) is 1. The van der Waals surface area contributed by atoms with Gasteiger partial charge >= 0.3 is 0 Å². The van der Waals surface area contributed by atoms with Gasteiger partial charge in [0.05, 0.1) is 0 Å². The predicted octanol–water partition coefficient (Wildman–Crippen LogP) is 4.01. The van der Waals surface area contributed by atoms with Crippen LogP contribution in [0.4, 0.5) is 0 Å². The lowest BCUT2D eigenvalue weighted by molar-refractivity contribution is 0.457. The lowest BCUT2D eigenvalue weighted by atomic mass is 9.90. The van der Waals surface area contributed by atoms with E-state index in [0.29, 0.717) is 11.7 Å². The third-order valence-electron chi connectivity index (χ3n) is 3.55. The molecular weight excluding hydrogens is 246 g/mol. The van der Waals surface area contributed by atoms with Gasteiger partial charge in [-0.1, -0.05) is 50.6 Å². The molecule has 0 heterocycles. The van der Waals surface area contributed by atoms with Crippen LogP contribution >= 0.6 is 12.4 Å². The quantitative estimate of drug-likeness (QED) is 0.881. The van der Waals surface area contributed by atoms with E-state index in [1.807, 2.05) is 30.3 Å². The summed E-state index contributed by atoms with van der Waals surface area (Å²) in [6, 6.07) is 11.6. The highest BCUT2D eigenvalue weighted by Gasteiger charge is 2.16. The third-order valence-corrected chi connectivity index (χ3v) is 3.55. The monoisotopic (exact) mass is 265 g/mol. The molecule has 0 saturated heterocycles. The first-order valence-corrected chi connectivity index (χ1v) is 6.11. The number of phenolic OH excluding ortho intramolecular Hbond substituents is 1. The lowest BCUT2D eigenvalue weighted by Crippen LogP contribution is -2.18. The summed E-state index contributed by atoms with van der Waals surface area (Å²) in [5.74, 6) is 0.753. The summed E-state index contributed by atoms with van der Waals surface area (Å²) in [6.07, 6.45) is 1.05. The zero-order valence-corrected chi connectivity index (χ0v) is 11.6. The Balaban J connectivity index is 0.00000162. The fourth-order valence-corrected chi connectivity index (χ4v) is 2.16. The Morgan fingerprint density at radius 2 is 1.72 bits per heavy atom. The standard InChI is InChI=1S/C15H19NO.ClH/c1-3-10(2)15(16)13-8-9-14(17)12-7-5-4-6-11(12)13;/h4-10,15,17H,3,16H2,1-2H3;1H/t10?,15-;/m1./s1. The minimum absolute atomic E-state index is 0. The van der Waals surface area contributed by atoms with E-state index < -0.39 is 0 Å². The molecule has 1 unspecified atom stereocenters. The van der Waals surface area contributed by atoms with Crippen LogP contribution in [0.3, 0.4) is 0 Å². The molecule has 0 aliphatic heterocycles. The summed E-state index contributed by atoms with van der Waals surface area (Å²) >= 11 is 0. The average molecular weight is 266 g/mol. The van der Waals surface area contributed by atoms with Crippen molar-refractivity contribution in [2.24, 2.45) is 11.7 Å². The first kappa shape index (κ1) is 14.8. The second-order valence-electron chi connectivity index (χ2n) is 4.63. The van der Waals surface area contributed by atoms with Gasteiger partial charge < -0.3 is 10.8 Å². The van der Waals surface area contributed by atoms with Crippen LogP contribution in [0, 0.1) is 5.92 Å². The molecule has 3 N–H and O–H groups in total. The Bertz CT molecular complexity index is 527. The molecule has 0 bridgehead atoms. The van der Waals surface area contributed by atoms with E-state index in [2.05, 4.69) is 13.8 Å². The SMILES string of the molecule is CCC(C)[C@@H](N)c1ccc(O)c2ccccc12.Cl. The number of hydrogen-bond donors (Lipinski definition) is 2. The van der Waals surface area contributed by atoms with Gasteiger partial charge in [-0.25, -0.2) is 0 Å². The second-order valence-corrected chi connectivity index (χ2v) is 4.63. The normalized spacial score (nSPS) is 13.9. The van der Waals surface area contributed by atoms with Crippen molar-refractivity contribution in [1.29, 1.82) is 0 Å². The van der Waals surface area contributed by atoms with Gasteiger partial charge in [-0.3, -0.25) is 0 Å². The Kier molecular flexibility index (Phi) is 5.00. The molecule has 3 heteroatoms. The molecule has 2 aromatic rings. The minimum atomic E-state index is 0. The molecule has 98 valence electrons. The van der Waals surface area contributed by atoms with Gasteiger partial charge in [0.25, 0.3) is 0 Å². The van der Waals surface area contributed by atoms with E-state index in [0.717, 1.165) is 22.8 Å². The Morgan fingerprint density at radius 3 is 2.33 bits per heavy atom. The first-order chi connectivity index (χ1) is 8.15. The van der Waals surface area contributed by atoms with E-state index >= 15 is 0 Å². The fraction of sp³-hybridized carbons (Fsp3) is 0.333. The van der Waals surface area contributed by atoms with E-state index in [1.54, 1.807) is 6.07 Å². The highest BCUT2D eigenvalue weighted by atomic mass is 35.5. The molecule has 2 aromatic carbocycles. The summed E-state index contributed by atoms with van der Waals surface area (Å²) in [5.41, 5.74) is 7.40. The van der Waals surface area contributed by atoms with Crippen molar-refractivity contribution in [3.63, 3.8) is 0 Å². The van der Waals surface area contributed by atoms with Crippen molar-refractivity contribution in [2.75, 3.05) is 0 Å². The number of aromatic hydroxyl groups is 1. The highest BCUT2D eigenvalue weighted by molar-refractivity contribution is 5.91. The number of hydrogen-bond acceptors (Lipinski definition) is 2. The van der Waals surface area contributed by atoms with Gasteiger partial charge in [-0.2, -0.15) is 0 Å². The fourth-order valence-electron chi connectivity index (χ4n) is 2.16. The maximum atomic E-state index is 9.83. The van der Waals surface area contributed by atoms with E-state index in [9.17, 15) is 5.11 Å². The molecule has 2 nitrogen and oxygen atoms in total. The van der Waals surface area contributed by atoms with Crippen LogP contribution in [0.1, 0.15) is 31.9 Å². The Morgan fingerprint density at radius 1 is 1.11 bits per heavy atom. The molecule has 0 aliphatic rings. The van der Waals surface area contributed by atoms with Crippen molar-refractivity contribution >= 4 is 23.2 Å². The van der Waals surface area contributed by atoms with Gasteiger partial charge in [0.15, 0.2) is 0 Å². The van der Waals surface area contributed by atoms with Crippen molar-refractivity contribution in [3.05, 3.63) is 42.0 Å². The molecule has 0 aromatic heterocycles. The predicted molar refractivity (Wildman–Crippen MR) is 79.2 cm³/mol. The number of phenols is 1. The number of halogens is 1. The zero-order chi connectivity index (χ0) is 12.4. The lowest BCUT2D eigenvalue weighted by Gasteiger charge is -2.20. The topological polar surface area (TPSA) is 46.2 Å². The third kappa shape index (κ3) is 2.60. The van der Waals surface area contributed by atoms with Crippen LogP contribution in [0.15, 0.2) is 36.4 Å². The largest absolute Gasteiger partial charge is 0.507 e. The molecule has 2 rings (SSSR count). The summed E-state index contributed by atoms with van der Waals surface area (Å²) in [6.45, 7) is 4.30. The van der Waals surface area contributed by atoms with Crippen molar-refractivity contribution in [3.8, 4) is 5.75 Å². The van der Waals surface area contributed by atoms with Crippen LogP contribution in [0.2, 0.25) is 0 Å². The van der Waals surface area contributed by atoms with Gasteiger partial charge in [0.2, 0.25) is 0 Å². The smallest absolute Gasteiger partial charge is 0.123 e. The maximum absolute atomic E-state index is 9.83.